The number of aromatic nitrogens is 1. The van der Waals surface area contributed by atoms with Gasteiger partial charge in [0, 0.05) is 18.7 Å². The van der Waals surface area contributed by atoms with Crippen LogP contribution in [0.25, 0.3) is 6.08 Å². The minimum absolute atomic E-state index is 0.0520. The van der Waals surface area contributed by atoms with Gasteiger partial charge >= 0.3 is 0 Å². The van der Waals surface area contributed by atoms with Crippen LogP contribution in [-0.2, 0) is 24.3 Å². The molecule has 4 rings (SSSR count). The minimum atomic E-state index is -0.363. The molecular weight excluding hydrogens is 548 g/mol. The number of furan rings is 1. The zero-order valence-electron chi connectivity index (χ0n) is 22.8. The van der Waals surface area contributed by atoms with Crippen LogP contribution in [0.5, 0.6) is 11.5 Å². The number of carbonyl (C=O) groups is 1. The van der Waals surface area contributed by atoms with Crippen molar-refractivity contribution in [3.63, 3.8) is 0 Å². The number of rotatable bonds is 11. The smallest absolute Gasteiger partial charge is 0.270 e. The maximum absolute atomic E-state index is 13.3. The average Bonchev–Trinajstić information content (AvgIpc) is 3.56. The van der Waals surface area contributed by atoms with Gasteiger partial charge in [-0.3, -0.25) is 19.1 Å². The summed E-state index contributed by atoms with van der Waals surface area (Å²) < 4.78 is 18.1. The molecule has 0 atom stereocenters. The molecule has 3 aromatic rings. The van der Waals surface area contributed by atoms with E-state index in [-0.39, 0.29) is 23.6 Å². The van der Waals surface area contributed by atoms with Crippen molar-refractivity contribution in [2.45, 2.75) is 39.8 Å². The van der Waals surface area contributed by atoms with Crippen LogP contribution < -0.4 is 20.3 Å². The van der Waals surface area contributed by atoms with Crippen LogP contribution in [-0.4, -0.2) is 40.5 Å². The number of amides is 1. The van der Waals surface area contributed by atoms with Crippen molar-refractivity contribution in [3.05, 3.63) is 79.9 Å². The summed E-state index contributed by atoms with van der Waals surface area (Å²) in [5.74, 6) is 2.20. The number of nitriles is 1. The second-order valence-corrected chi connectivity index (χ2v) is 10.7. The van der Waals surface area contributed by atoms with Crippen LogP contribution in [0.4, 0.5) is 5.82 Å². The SMILES string of the molecule is CCCn1c(NCCc2ccc(OC)c(OC)c2)c(/C=C2/SC(=S)N(Cc3ccco3)C2=O)c(C)c(C#N)c1=O. The van der Waals surface area contributed by atoms with Gasteiger partial charge in [0.05, 0.1) is 31.9 Å². The van der Waals surface area contributed by atoms with Crippen molar-refractivity contribution in [2.24, 2.45) is 0 Å². The number of ether oxygens (including phenoxy) is 2. The third kappa shape index (κ3) is 5.93. The van der Waals surface area contributed by atoms with Crippen LogP contribution in [0.15, 0.2) is 50.7 Å². The molecule has 1 N–H and O–H groups in total. The second-order valence-electron chi connectivity index (χ2n) is 9.04. The predicted octanol–water partition coefficient (Wildman–Crippen LogP) is 5.10. The molecule has 1 saturated heterocycles. The lowest BCUT2D eigenvalue weighted by molar-refractivity contribution is -0.122. The van der Waals surface area contributed by atoms with Gasteiger partial charge in [0.2, 0.25) is 0 Å². The second kappa shape index (κ2) is 12.9. The zero-order valence-corrected chi connectivity index (χ0v) is 24.4. The summed E-state index contributed by atoms with van der Waals surface area (Å²) in [6.07, 6.45) is 4.59. The monoisotopic (exact) mass is 578 g/mol. The highest BCUT2D eigenvalue weighted by atomic mass is 32.2. The summed E-state index contributed by atoms with van der Waals surface area (Å²) in [5.41, 5.74) is 1.81. The number of hydrogen-bond donors (Lipinski definition) is 1. The van der Waals surface area contributed by atoms with E-state index in [4.69, 9.17) is 26.1 Å². The molecule has 9 nitrogen and oxygen atoms in total. The van der Waals surface area contributed by atoms with Crippen molar-refractivity contribution in [1.29, 1.82) is 5.26 Å². The lowest BCUT2D eigenvalue weighted by Crippen LogP contribution is -2.29. The number of benzene rings is 1. The van der Waals surface area contributed by atoms with Crippen LogP contribution in [0.2, 0.25) is 0 Å². The van der Waals surface area contributed by atoms with E-state index in [1.807, 2.05) is 25.1 Å². The van der Waals surface area contributed by atoms with Crippen molar-refractivity contribution < 1.29 is 18.7 Å². The van der Waals surface area contributed by atoms with E-state index in [0.29, 0.717) is 69.4 Å². The molecule has 40 heavy (non-hydrogen) atoms. The molecule has 0 aliphatic carbocycles. The number of pyridine rings is 1. The highest BCUT2D eigenvalue weighted by molar-refractivity contribution is 8.26. The van der Waals surface area contributed by atoms with Crippen molar-refractivity contribution >= 4 is 46.1 Å². The lowest BCUT2D eigenvalue weighted by Gasteiger charge is -2.20. The molecule has 0 saturated carbocycles. The fourth-order valence-corrected chi connectivity index (χ4v) is 5.71. The topological polar surface area (TPSA) is 110 Å². The first-order valence-electron chi connectivity index (χ1n) is 12.7. The molecule has 208 valence electrons. The predicted molar refractivity (Wildman–Crippen MR) is 160 cm³/mol. The van der Waals surface area contributed by atoms with E-state index in [1.165, 1.54) is 16.7 Å². The first kappa shape index (κ1) is 29.0. The van der Waals surface area contributed by atoms with Crippen molar-refractivity contribution in [2.75, 3.05) is 26.1 Å². The molecule has 0 radical (unpaired) electrons. The van der Waals surface area contributed by atoms with Gasteiger partial charge < -0.3 is 19.2 Å². The van der Waals surface area contributed by atoms with E-state index < -0.39 is 0 Å². The first-order valence-corrected chi connectivity index (χ1v) is 13.9. The fraction of sp³-hybridized carbons (Fsp3) is 0.310. The molecule has 1 amide bonds. The molecular formula is C29H30N4O5S2. The summed E-state index contributed by atoms with van der Waals surface area (Å²) in [5, 5.41) is 13.2. The number of thioether (sulfide) groups is 1. The summed E-state index contributed by atoms with van der Waals surface area (Å²) >= 11 is 6.68. The number of hydrogen-bond acceptors (Lipinski definition) is 9. The first-order chi connectivity index (χ1) is 19.3. The van der Waals surface area contributed by atoms with E-state index in [9.17, 15) is 14.9 Å². The van der Waals surface area contributed by atoms with Crippen LogP contribution in [0.1, 0.15) is 41.4 Å². The van der Waals surface area contributed by atoms with Crippen LogP contribution in [0.3, 0.4) is 0 Å². The minimum Gasteiger partial charge on any atom is -0.493 e. The Balaban J connectivity index is 1.70. The summed E-state index contributed by atoms with van der Waals surface area (Å²) in [7, 11) is 3.18. The van der Waals surface area contributed by atoms with Gasteiger partial charge in [-0.1, -0.05) is 37.0 Å². The quantitative estimate of drug-likeness (QED) is 0.245. The molecule has 0 bridgehead atoms. The maximum Gasteiger partial charge on any atom is 0.270 e. The molecule has 1 aromatic carbocycles. The zero-order chi connectivity index (χ0) is 28.8. The van der Waals surface area contributed by atoms with Gasteiger partial charge in [-0.2, -0.15) is 5.26 Å². The van der Waals surface area contributed by atoms with Gasteiger partial charge in [0.25, 0.3) is 11.5 Å². The highest BCUT2D eigenvalue weighted by Crippen LogP contribution is 2.36. The number of anilines is 1. The summed E-state index contributed by atoms with van der Waals surface area (Å²) in [6.45, 7) is 4.82. The number of nitrogens with one attached hydrogen (secondary N) is 1. The normalized spacial score (nSPS) is 14.1. The maximum atomic E-state index is 13.3. The number of thiocarbonyl (C=S) groups is 1. The van der Waals surface area contributed by atoms with Gasteiger partial charge in [0.15, 0.2) is 11.5 Å². The third-order valence-electron chi connectivity index (χ3n) is 6.52. The molecule has 11 heteroatoms. The van der Waals surface area contributed by atoms with Gasteiger partial charge in [-0.15, -0.1) is 0 Å². The molecule has 1 aliphatic rings. The summed E-state index contributed by atoms with van der Waals surface area (Å²) in [6, 6.07) is 11.3. The van der Waals surface area contributed by atoms with E-state index in [1.54, 1.807) is 50.2 Å². The number of nitrogens with zero attached hydrogens (tertiary/aromatic N) is 3. The Labute approximate surface area is 242 Å². The van der Waals surface area contributed by atoms with Crippen LogP contribution in [0, 0.1) is 18.3 Å². The molecule has 3 heterocycles. The Bertz CT molecular complexity index is 1550. The Kier molecular flexibility index (Phi) is 9.34. The van der Waals surface area contributed by atoms with E-state index in [2.05, 4.69) is 11.4 Å². The van der Waals surface area contributed by atoms with E-state index in [0.717, 1.165) is 5.56 Å². The van der Waals surface area contributed by atoms with Crippen molar-refractivity contribution in [1.82, 2.24) is 9.47 Å². The molecule has 0 unspecified atom stereocenters. The van der Waals surface area contributed by atoms with Gasteiger partial charge in [0.1, 0.15) is 27.5 Å². The Morgan fingerprint density at radius 3 is 2.62 bits per heavy atom. The molecule has 1 aliphatic heterocycles. The third-order valence-corrected chi connectivity index (χ3v) is 7.90. The Morgan fingerprint density at radius 1 is 1.20 bits per heavy atom. The number of methoxy groups -OCH3 is 2. The Morgan fingerprint density at radius 2 is 1.98 bits per heavy atom. The molecule has 0 spiro atoms. The average molecular weight is 579 g/mol. The van der Waals surface area contributed by atoms with Gasteiger partial charge in [-0.05, 0) is 61.2 Å². The lowest BCUT2D eigenvalue weighted by atomic mass is 10.0. The summed E-state index contributed by atoms with van der Waals surface area (Å²) in [4.78, 5) is 28.5. The van der Waals surface area contributed by atoms with Crippen LogP contribution >= 0.6 is 24.0 Å². The van der Waals surface area contributed by atoms with E-state index >= 15 is 0 Å². The highest BCUT2D eigenvalue weighted by Gasteiger charge is 2.33. The number of carbonyl (C=O) groups excluding carboxylic acids is 1. The van der Waals surface area contributed by atoms with Gasteiger partial charge in [-0.25, -0.2) is 0 Å². The standard InChI is InChI=1S/C29H30N4O5S2/c1-5-12-32-26(31-11-10-19-8-9-23(36-3)24(14-19)37-4)21(18(2)22(16-30)27(32)34)15-25-28(35)33(29(39)40-25)17-20-7-6-13-38-20/h6-9,13-15,31H,5,10-12,17H2,1-4H3/b25-15+. The fourth-order valence-electron chi connectivity index (χ4n) is 4.48. The van der Waals surface area contributed by atoms with Crippen molar-refractivity contribution in [3.8, 4) is 17.6 Å². The molecule has 2 aromatic heterocycles. The molecule has 1 fully saturated rings. The Hall–Kier alpha value is -4.01. The largest absolute Gasteiger partial charge is 0.493 e.